The lowest BCUT2D eigenvalue weighted by Crippen LogP contribution is -2.93. The molecular formula is C10H11NO3. The van der Waals surface area contributed by atoms with Gasteiger partial charge in [0.1, 0.15) is 18.3 Å². The van der Waals surface area contributed by atoms with E-state index in [2.05, 4.69) is 0 Å². The number of aliphatic carboxylic acids is 1. The second-order valence-electron chi connectivity index (χ2n) is 3.52. The molecule has 4 heteroatoms. The first-order chi connectivity index (χ1) is 6.66. The minimum atomic E-state index is -1.04. The molecule has 0 aromatic heterocycles. The van der Waals surface area contributed by atoms with E-state index in [0.29, 0.717) is 13.0 Å². The Kier molecular flexibility index (Phi) is 2.13. The highest BCUT2D eigenvalue weighted by Crippen LogP contribution is 2.18. The van der Waals surface area contributed by atoms with Crippen molar-refractivity contribution in [3.63, 3.8) is 0 Å². The maximum absolute atomic E-state index is 10.6. The molecular weight excluding hydrogens is 182 g/mol. The van der Waals surface area contributed by atoms with E-state index in [0.717, 1.165) is 11.1 Å². The average molecular weight is 193 g/mol. The van der Waals surface area contributed by atoms with Gasteiger partial charge in [0.15, 0.2) is 0 Å². The van der Waals surface area contributed by atoms with Crippen molar-refractivity contribution in [1.29, 1.82) is 0 Å². The SMILES string of the molecule is O=C([O-])[C@H]1Cc2cc(O)ccc2C[NH2+]1. The summed E-state index contributed by atoms with van der Waals surface area (Å²) in [7, 11) is 0. The number of rotatable bonds is 1. The molecule has 0 unspecified atom stereocenters. The van der Waals surface area contributed by atoms with E-state index in [1.54, 1.807) is 17.4 Å². The third-order valence-corrected chi connectivity index (χ3v) is 2.55. The van der Waals surface area contributed by atoms with Crippen LogP contribution in [0, 0.1) is 0 Å². The van der Waals surface area contributed by atoms with Crippen molar-refractivity contribution in [1.82, 2.24) is 0 Å². The van der Waals surface area contributed by atoms with Crippen LogP contribution in [0.15, 0.2) is 18.2 Å². The minimum absolute atomic E-state index is 0.183. The summed E-state index contributed by atoms with van der Waals surface area (Å²) in [6.45, 7) is 0.633. The highest BCUT2D eigenvalue weighted by atomic mass is 16.4. The van der Waals surface area contributed by atoms with Crippen molar-refractivity contribution < 1.29 is 20.3 Å². The number of fused-ring (bicyclic) bond motifs is 1. The van der Waals surface area contributed by atoms with Gasteiger partial charge in [-0.1, -0.05) is 0 Å². The van der Waals surface area contributed by atoms with Crippen LogP contribution >= 0.6 is 0 Å². The Morgan fingerprint density at radius 3 is 3.00 bits per heavy atom. The van der Waals surface area contributed by atoms with Gasteiger partial charge < -0.3 is 20.3 Å². The van der Waals surface area contributed by atoms with E-state index in [1.165, 1.54) is 0 Å². The second-order valence-corrected chi connectivity index (χ2v) is 3.52. The monoisotopic (exact) mass is 193 g/mol. The number of hydrogen-bond acceptors (Lipinski definition) is 3. The predicted octanol–water partition coefficient (Wildman–Crippen LogP) is -1.87. The topological polar surface area (TPSA) is 77.0 Å². The van der Waals surface area contributed by atoms with Crippen LogP contribution in [-0.4, -0.2) is 17.1 Å². The van der Waals surface area contributed by atoms with Crippen molar-refractivity contribution in [2.75, 3.05) is 0 Å². The summed E-state index contributed by atoms with van der Waals surface area (Å²) in [5, 5.41) is 21.6. The number of phenols is 1. The number of carboxylic acid groups (broad SMARTS) is 1. The van der Waals surface area contributed by atoms with Crippen molar-refractivity contribution in [2.45, 2.75) is 19.0 Å². The standard InChI is InChI=1S/C10H11NO3/c12-8-2-1-6-5-11-9(10(13)14)4-7(6)3-8/h1-3,9,11-12H,4-5H2,(H,13,14)/t9-/m1/s1. The average Bonchev–Trinajstić information content (AvgIpc) is 2.16. The molecule has 0 saturated carbocycles. The molecule has 1 aliphatic heterocycles. The number of aromatic hydroxyl groups is 1. The lowest BCUT2D eigenvalue weighted by molar-refractivity contribution is -0.701. The molecule has 1 aliphatic rings. The molecule has 0 amide bonds. The zero-order chi connectivity index (χ0) is 10.1. The molecule has 1 aromatic carbocycles. The molecule has 1 atom stereocenters. The zero-order valence-electron chi connectivity index (χ0n) is 7.56. The van der Waals surface area contributed by atoms with Gasteiger partial charge in [0.2, 0.25) is 0 Å². The molecule has 2 rings (SSSR count). The predicted molar refractivity (Wildman–Crippen MR) is 46.2 cm³/mol. The largest absolute Gasteiger partial charge is 0.544 e. The Hall–Kier alpha value is -1.55. The van der Waals surface area contributed by atoms with Gasteiger partial charge in [0, 0.05) is 12.0 Å². The number of carbonyl (C=O) groups excluding carboxylic acids is 1. The molecule has 1 heterocycles. The van der Waals surface area contributed by atoms with E-state index in [4.69, 9.17) is 0 Å². The van der Waals surface area contributed by atoms with Crippen LogP contribution in [-0.2, 0) is 17.8 Å². The number of phenolic OH excluding ortho intramolecular Hbond substituents is 1. The van der Waals surface area contributed by atoms with E-state index < -0.39 is 12.0 Å². The van der Waals surface area contributed by atoms with Gasteiger partial charge in [-0.15, -0.1) is 0 Å². The van der Waals surface area contributed by atoms with Crippen LogP contribution in [0.3, 0.4) is 0 Å². The Labute approximate surface area is 81.2 Å². The second kappa shape index (κ2) is 3.31. The van der Waals surface area contributed by atoms with E-state index in [9.17, 15) is 15.0 Å². The molecule has 74 valence electrons. The molecule has 0 spiro atoms. The summed E-state index contributed by atoms with van der Waals surface area (Å²) in [4.78, 5) is 10.6. The number of quaternary nitrogens is 1. The summed E-state index contributed by atoms with van der Waals surface area (Å²) >= 11 is 0. The van der Waals surface area contributed by atoms with Gasteiger partial charge >= 0.3 is 0 Å². The maximum Gasteiger partial charge on any atom is 0.130 e. The Balaban J connectivity index is 2.29. The molecule has 14 heavy (non-hydrogen) atoms. The Bertz CT molecular complexity index is 376. The van der Waals surface area contributed by atoms with Gasteiger partial charge in [0.05, 0.1) is 5.97 Å². The van der Waals surface area contributed by atoms with Crippen molar-refractivity contribution >= 4 is 5.97 Å². The third kappa shape index (κ3) is 1.56. The van der Waals surface area contributed by atoms with Gasteiger partial charge in [0.25, 0.3) is 0 Å². The van der Waals surface area contributed by atoms with E-state index >= 15 is 0 Å². The van der Waals surface area contributed by atoms with Crippen molar-refractivity contribution in [2.24, 2.45) is 0 Å². The fourth-order valence-corrected chi connectivity index (χ4v) is 1.77. The smallest absolute Gasteiger partial charge is 0.130 e. The lowest BCUT2D eigenvalue weighted by atomic mass is 9.96. The quantitative estimate of drug-likeness (QED) is 0.548. The minimum Gasteiger partial charge on any atom is -0.544 e. The third-order valence-electron chi connectivity index (χ3n) is 2.55. The zero-order valence-corrected chi connectivity index (χ0v) is 7.56. The van der Waals surface area contributed by atoms with Gasteiger partial charge in [-0.25, -0.2) is 0 Å². The Morgan fingerprint density at radius 2 is 2.29 bits per heavy atom. The number of hydrogen-bond donors (Lipinski definition) is 2. The first-order valence-electron chi connectivity index (χ1n) is 4.52. The number of benzene rings is 1. The molecule has 4 nitrogen and oxygen atoms in total. The summed E-state index contributed by atoms with van der Waals surface area (Å²) in [6.07, 6.45) is 0.423. The van der Waals surface area contributed by atoms with Gasteiger partial charge in [-0.05, 0) is 23.8 Å². The van der Waals surface area contributed by atoms with Crippen LogP contribution in [0.4, 0.5) is 0 Å². The molecule has 1 aromatic rings. The van der Waals surface area contributed by atoms with Crippen LogP contribution in [0.2, 0.25) is 0 Å². The highest BCUT2D eigenvalue weighted by Gasteiger charge is 2.22. The molecule has 0 fully saturated rings. The number of carboxylic acids is 1. The number of carbonyl (C=O) groups is 1. The molecule has 0 aliphatic carbocycles. The lowest BCUT2D eigenvalue weighted by Gasteiger charge is -2.23. The fraction of sp³-hybridized carbons (Fsp3) is 0.300. The summed E-state index contributed by atoms with van der Waals surface area (Å²) in [5.41, 5.74) is 1.99. The summed E-state index contributed by atoms with van der Waals surface area (Å²) in [6, 6.07) is 4.54. The van der Waals surface area contributed by atoms with Crippen molar-refractivity contribution in [3.05, 3.63) is 29.3 Å². The number of nitrogens with two attached hydrogens (primary N) is 1. The van der Waals surface area contributed by atoms with Gasteiger partial charge in [-0.3, -0.25) is 0 Å². The van der Waals surface area contributed by atoms with Crippen LogP contribution in [0.1, 0.15) is 11.1 Å². The van der Waals surface area contributed by atoms with Gasteiger partial charge in [-0.2, -0.15) is 0 Å². The van der Waals surface area contributed by atoms with E-state index in [1.807, 2.05) is 6.07 Å². The Morgan fingerprint density at radius 1 is 1.50 bits per heavy atom. The maximum atomic E-state index is 10.6. The molecule has 0 saturated heterocycles. The normalized spacial score (nSPS) is 20.1. The summed E-state index contributed by atoms with van der Waals surface area (Å²) in [5.74, 6) is -0.859. The first kappa shape index (κ1) is 9.02. The first-order valence-corrected chi connectivity index (χ1v) is 4.52. The van der Waals surface area contributed by atoms with Crippen LogP contribution in [0.25, 0.3) is 0 Å². The fourth-order valence-electron chi connectivity index (χ4n) is 1.77. The highest BCUT2D eigenvalue weighted by molar-refractivity contribution is 5.70. The molecule has 0 radical (unpaired) electrons. The van der Waals surface area contributed by atoms with Crippen molar-refractivity contribution in [3.8, 4) is 5.75 Å². The van der Waals surface area contributed by atoms with Crippen LogP contribution in [0.5, 0.6) is 5.75 Å². The summed E-state index contributed by atoms with van der Waals surface area (Å²) < 4.78 is 0. The molecule has 3 N–H and O–H groups in total. The van der Waals surface area contributed by atoms with E-state index in [-0.39, 0.29) is 5.75 Å². The molecule has 0 bridgehead atoms. The van der Waals surface area contributed by atoms with Crippen LogP contribution < -0.4 is 10.4 Å².